The van der Waals surface area contributed by atoms with Gasteiger partial charge in [-0.15, -0.1) is 0 Å². The standard InChI is InChI=1S/C18H26O2/c1-3-4-5-6-7-8-9-10-12-16-13-11-14-17(15-16)18(19)20-2/h10-15H,3-9H2,1-2H3. The Labute approximate surface area is 122 Å². The molecule has 0 aliphatic heterocycles. The second-order valence-electron chi connectivity index (χ2n) is 5.08. The van der Waals surface area contributed by atoms with Crippen LogP contribution in [0.25, 0.3) is 6.08 Å². The van der Waals surface area contributed by atoms with E-state index in [1.165, 1.54) is 45.6 Å². The second kappa shape index (κ2) is 10.2. The minimum atomic E-state index is -0.281. The van der Waals surface area contributed by atoms with Crippen LogP contribution in [0, 0.1) is 0 Å². The highest BCUT2D eigenvalue weighted by atomic mass is 16.5. The van der Waals surface area contributed by atoms with Gasteiger partial charge >= 0.3 is 5.97 Å². The summed E-state index contributed by atoms with van der Waals surface area (Å²) in [5, 5.41) is 0. The predicted octanol–water partition coefficient (Wildman–Crippen LogP) is 5.24. The molecule has 2 nitrogen and oxygen atoms in total. The lowest BCUT2D eigenvalue weighted by molar-refractivity contribution is 0.0600. The number of carbonyl (C=O) groups is 1. The first-order valence-corrected chi connectivity index (χ1v) is 7.63. The Morgan fingerprint density at radius 2 is 1.90 bits per heavy atom. The molecule has 0 heterocycles. The molecule has 20 heavy (non-hydrogen) atoms. The molecule has 2 heteroatoms. The first kappa shape index (κ1) is 16.5. The third kappa shape index (κ3) is 6.55. The quantitative estimate of drug-likeness (QED) is 0.455. The van der Waals surface area contributed by atoms with Crippen LogP contribution in [0.2, 0.25) is 0 Å². The third-order valence-electron chi connectivity index (χ3n) is 3.34. The van der Waals surface area contributed by atoms with E-state index in [4.69, 9.17) is 4.74 Å². The maximum atomic E-state index is 11.4. The summed E-state index contributed by atoms with van der Waals surface area (Å²) >= 11 is 0. The van der Waals surface area contributed by atoms with Crippen molar-refractivity contribution in [1.29, 1.82) is 0 Å². The molecule has 1 rings (SSSR count). The van der Waals surface area contributed by atoms with E-state index in [1.54, 1.807) is 6.07 Å². The molecule has 1 aromatic carbocycles. The number of ether oxygens (including phenoxy) is 1. The van der Waals surface area contributed by atoms with E-state index in [2.05, 4.69) is 19.1 Å². The number of hydrogen-bond donors (Lipinski definition) is 0. The fourth-order valence-electron chi connectivity index (χ4n) is 2.15. The number of methoxy groups -OCH3 is 1. The molecule has 0 N–H and O–H groups in total. The summed E-state index contributed by atoms with van der Waals surface area (Å²) in [6.07, 6.45) is 13.3. The number of unbranched alkanes of at least 4 members (excludes halogenated alkanes) is 6. The Kier molecular flexibility index (Phi) is 8.44. The molecule has 110 valence electrons. The predicted molar refractivity (Wildman–Crippen MR) is 84.8 cm³/mol. The molecule has 1 aromatic rings. The van der Waals surface area contributed by atoms with Gasteiger partial charge in [-0.1, -0.05) is 63.3 Å². The molecule has 0 saturated heterocycles. The lowest BCUT2D eigenvalue weighted by atomic mass is 10.1. The van der Waals surface area contributed by atoms with Gasteiger partial charge in [-0.2, -0.15) is 0 Å². The molecule has 0 saturated carbocycles. The fraction of sp³-hybridized carbons (Fsp3) is 0.500. The Bertz CT molecular complexity index is 421. The Morgan fingerprint density at radius 3 is 2.65 bits per heavy atom. The van der Waals surface area contributed by atoms with Crippen molar-refractivity contribution in [2.45, 2.75) is 51.9 Å². The molecule has 0 amide bonds. The smallest absolute Gasteiger partial charge is 0.337 e. The van der Waals surface area contributed by atoms with E-state index in [1.807, 2.05) is 18.2 Å². The van der Waals surface area contributed by atoms with Crippen LogP contribution >= 0.6 is 0 Å². The largest absolute Gasteiger partial charge is 0.465 e. The molecule has 0 atom stereocenters. The van der Waals surface area contributed by atoms with Gasteiger partial charge in [0.2, 0.25) is 0 Å². The van der Waals surface area contributed by atoms with Gasteiger partial charge in [0.15, 0.2) is 0 Å². The Hall–Kier alpha value is -1.57. The summed E-state index contributed by atoms with van der Waals surface area (Å²) in [7, 11) is 1.41. The molecular formula is C18H26O2. The van der Waals surface area contributed by atoms with E-state index >= 15 is 0 Å². The SMILES string of the molecule is CCCCCCCCC=Cc1cccc(C(=O)OC)c1. The number of allylic oxidation sites excluding steroid dienone is 1. The van der Waals surface area contributed by atoms with Crippen molar-refractivity contribution in [1.82, 2.24) is 0 Å². The van der Waals surface area contributed by atoms with Crippen LogP contribution in [0.1, 0.15) is 67.8 Å². The maximum absolute atomic E-state index is 11.4. The van der Waals surface area contributed by atoms with E-state index < -0.39 is 0 Å². The minimum absolute atomic E-state index is 0.281. The van der Waals surface area contributed by atoms with Crippen LogP contribution in [0.5, 0.6) is 0 Å². The summed E-state index contributed by atoms with van der Waals surface area (Å²) in [5.41, 5.74) is 1.66. The van der Waals surface area contributed by atoms with Crippen LogP contribution in [-0.2, 0) is 4.74 Å². The normalized spacial score (nSPS) is 10.9. The van der Waals surface area contributed by atoms with Gasteiger partial charge < -0.3 is 4.74 Å². The van der Waals surface area contributed by atoms with E-state index in [0.717, 1.165) is 12.0 Å². The van der Waals surface area contributed by atoms with Crippen molar-refractivity contribution in [3.8, 4) is 0 Å². The molecular weight excluding hydrogens is 248 g/mol. The Balaban J connectivity index is 2.30. The lowest BCUT2D eigenvalue weighted by Gasteiger charge is -2.00. The average Bonchev–Trinajstić information content (AvgIpc) is 2.49. The summed E-state index contributed by atoms with van der Waals surface area (Å²) in [4.78, 5) is 11.4. The summed E-state index contributed by atoms with van der Waals surface area (Å²) in [6, 6.07) is 7.53. The third-order valence-corrected chi connectivity index (χ3v) is 3.34. The minimum Gasteiger partial charge on any atom is -0.465 e. The number of esters is 1. The lowest BCUT2D eigenvalue weighted by Crippen LogP contribution is -2.00. The van der Waals surface area contributed by atoms with Crippen molar-refractivity contribution in [3.05, 3.63) is 41.5 Å². The summed E-state index contributed by atoms with van der Waals surface area (Å²) in [6.45, 7) is 2.24. The molecule has 0 spiro atoms. The van der Waals surface area contributed by atoms with Crippen LogP contribution in [0.4, 0.5) is 0 Å². The molecule has 0 aromatic heterocycles. The van der Waals surface area contributed by atoms with Crippen molar-refractivity contribution in [3.63, 3.8) is 0 Å². The Morgan fingerprint density at radius 1 is 1.15 bits per heavy atom. The zero-order chi connectivity index (χ0) is 14.6. The van der Waals surface area contributed by atoms with Crippen molar-refractivity contribution in [2.75, 3.05) is 7.11 Å². The first-order chi connectivity index (χ1) is 9.77. The molecule has 0 radical (unpaired) electrons. The first-order valence-electron chi connectivity index (χ1n) is 7.63. The zero-order valence-electron chi connectivity index (χ0n) is 12.7. The number of hydrogen-bond acceptors (Lipinski definition) is 2. The molecule has 0 fully saturated rings. The van der Waals surface area contributed by atoms with Crippen LogP contribution in [0.3, 0.4) is 0 Å². The van der Waals surface area contributed by atoms with Crippen molar-refractivity contribution >= 4 is 12.0 Å². The van der Waals surface area contributed by atoms with Crippen molar-refractivity contribution < 1.29 is 9.53 Å². The number of rotatable bonds is 9. The maximum Gasteiger partial charge on any atom is 0.337 e. The van der Waals surface area contributed by atoms with Crippen LogP contribution in [0.15, 0.2) is 30.3 Å². The molecule has 0 aliphatic carbocycles. The highest BCUT2D eigenvalue weighted by Gasteiger charge is 2.03. The van der Waals surface area contributed by atoms with Gasteiger partial charge in [-0.05, 0) is 30.5 Å². The van der Waals surface area contributed by atoms with Gasteiger partial charge in [-0.25, -0.2) is 4.79 Å². The highest BCUT2D eigenvalue weighted by Crippen LogP contribution is 2.11. The van der Waals surface area contributed by atoms with Gasteiger partial charge in [0.25, 0.3) is 0 Å². The monoisotopic (exact) mass is 274 g/mol. The van der Waals surface area contributed by atoms with Gasteiger partial charge in [0, 0.05) is 0 Å². The summed E-state index contributed by atoms with van der Waals surface area (Å²) in [5.74, 6) is -0.281. The molecule has 0 bridgehead atoms. The van der Waals surface area contributed by atoms with Crippen molar-refractivity contribution in [2.24, 2.45) is 0 Å². The van der Waals surface area contributed by atoms with E-state index in [9.17, 15) is 4.79 Å². The highest BCUT2D eigenvalue weighted by molar-refractivity contribution is 5.89. The number of carbonyl (C=O) groups excluding carboxylic acids is 1. The van der Waals surface area contributed by atoms with Gasteiger partial charge in [0.1, 0.15) is 0 Å². The zero-order valence-corrected chi connectivity index (χ0v) is 12.7. The average molecular weight is 274 g/mol. The second-order valence-corrected chi connectivity index (χ2v) is 5.08. The topological polar surface area (TPSA) is 26.3 Å². The molecule has 0 unspecified atom stereocenters. The van der Waals surface area contributed by atoms with Gasteiger partial charge in [-0.3, -0.25) is 0 Å². The van der Waals surface area contributed by atoms with Crippen LogP contribution < -0.4 is 0 Å². The number of benzene rings is 1. The summed E-state index contributed by atoms with van der Waals surface area (Å²) < 4.78 is 4.72. The van der Waals surface area contributed by atoms with E-state index in [-0.39, 0.29) is 5.97 Å². The van der Waals surface area contributed by atoms with E-state index in [0.29, 0.717) is 5.56 Å². The van der Waals surface area contributed by atoms with Crippen LogP contribution in [-0.4, -0.2) is 13.1 Å². The van der Waals surface area contributed by atoms with Gasteiger partial charge in [0.05, 0.1) is 12.7 Å². The molecule has 0 aliphatic rings. The fourth-order valence-corrected chi connectivity index (χ4v) is 2.15.